The Kier molecular flexibility index (Phi) is 3.58. The van der Waals surface area contributed by atoms with Crippen LogP contribution in [0.1, 0.15) is 25.2 Å². The summed E-state index contributed by atoms with van der Waals surface area (Å²) in [6.07, 6.45) is 5.86. The van der Waals surface area contributed by atoms with Crippen LogP contribution in [0.25, 0.3) is 0 Å². The highest BCUT2D eigenvalue weighted by Crippen LogP contribution is 2.02. The minimum atomic E-state index is 0.482. The van der Waals surface area contributed by atoms with Crippen LogP contribution in [-0.2, 0) is 20.1 Å². The fourth-order valence-corrected chi connectivity index (χ4v) is 1.63. The van der Waals surface area contributed by atoms with E-state index in [1.807, 2.05) is 30.3 Å². The summed E-state index contributed by atoms with van der Waals surface area (Å²) in [5, 5.41) is 7.69. The van der Waals surface area contributed by atoms with Crippen molar-refractivity contribution < 1.29 is 0 Å². The summed E-state index contributed by atoms with van der Waals surface area (Å²) in [7, 11) is 1.93. The lowest BCUT2D eigenvalue weighted by molar-refractivity contribution is 0.582. The molecular formula is C12H19N5. The highest BCUT2D eigenvalue weighted by atomic mass is 15.3. The number of imidazole rings is 1. The van der Waals surface area contributed by atoms with Gasteiger partial charge in [-0.25, -0.2) is 4.98 Å². The summed E-state index contributed by atoms with van der Waals surface area (Å²) in [5.74, 6) is 0. The zero-order valence-corrected chi connectivity index (χ0v) is 10.6. The van der Waals surface area contributed by atoms with Gasteiger partial charge in [0, 0.05) is 32.0 Å². The molecule has 2 rings (SSSR count). The molecule has 0 spiro atoms. The summed E-state index contributed by atoms with van der Waals surface area (Å²) in [6, 6.07) is 2.50. The predicted molar refractivity (Wildman–Crippen MR) is 66.5 cm³/mol. The van der Waals surface area contributed by atoms with E-state index >= 15 is 0 Å². The molecule has 5 nitrogen and oxygen atoms in total. The molecule has 0 aromatic carbocycles. The minimum absolute atomic E-state index is 0.482. The van der Waals surface area contributed by atoms with Gasteiger partial charge in [-0.3, -0.25) is 4.68 Å². The zero-order valence-electron chi connectivity index (χ0n) is 10.6. The summed E-state index contributed by atoms with van der Waals surface area (Å²) in [4.78, 5) is 4.36. The minimum Gasteiger partial charge on any atom is -0.331 e. The molecule has 0 amide bonds. The SMILES string of the molecule is CC(C)NCc1cn(Cc2ccn(C)n2)cn1. The molecule has 2 aromatic rings. The van der Waals surface area contributed by atoms with Crippen LogP contribution in [0.2, 0.25) is 0 Å². The zero-order chi connectivity index (χ0) is 12.3. The number of nitrogens with one attached hydrogen (secondary N) is 1. The number of aryl methyl sites for hydroxylation is 1. The maximum Gasteiger partial charge on any atom is 0.0953 e. The van der Waals surface area contributed by atoms with Crippen molar-refractivity contribution in [1.29, 1.82) is 0 Å². The Hall–Kier alpha value is -1.62. The van der Waals surface area contributed by atoms with Gasteiger partial charge in [-0.2, -0.15) is 5.10 Å². The average molecular weight is 233 g/mol. The second-order valence-electron chi connectivity index (χ2n) is 4.55. The van der Waals surface area contributed by atoms with Crippen molar-refractivity contribution in [2.24, 2.45) is 7.05 Å². The Morgan fingerprint density at radius 1 is 1.35 bits per heavy atom. The molecule has 92 valence electrons. The van der Waals surface area contributed by atoms with Crippen molar-refractivity contribution in [3.05, 3.63) is 36.2 Å². The molecule has 0 bridgehead atoms. The van der Waals surface area contributed by atoms with E-state index in [0.717, 1.165) is 24.5 Å². The largest absolute Gasteiger partial charge is 0.331 e. The van der Waals surface area contributed by atoms with Gasteiger partial charge in [0.25, 0.3) is 0 Å². The van der Waals surface area contributed by atoms with Gasteiger partial charge in [0.05, 0.1) is 24.3 Å². The third-order valence-corrected chi connectivity index (χ3v) is 2.49. The van der Waals surface area contributed by atoms with E-state index in [-0.39, 0.29) is 0 Å². The molecule has 2 heterocycles. The Labute approximate surface area is 101 Å². The van der Waals surface area contributed by atoms with Crippen molar-refractivity contribution in [2.45, 2.75) is 33.0 Å². The first kappa shape index (κ1) is 11.9. The highest BCUT2D eigenvalue weighted by molar-refractivity contribution is 5.03. The standard InChI is InChI=1S/C12H19N5/c1-10(2)13-6-12-8-17(9-14-12)7-11-4-5-16(3)15-11/h4-5,8-10,13H,6-7H2,1-3H3. The molecule has 1 N–H and O–H groups in total. The summed E-state index contributed by atoms with van der Waals surface area (Å²) < 4.78 is 3.87. The molecule has 0 saturated carbocycles. The predicted octanol–water partition coefficient (Wildman–Crippen LogP) is 1.16. The van der Waals surface area contributed by atoms with Crippen molar-refractivity contribution in [3.8, 4) is 0 Å². The van der Waals surface area contributed by atoms with E-state index in [4.69, 9.17) is 0 Å². The van der Waals surface area contributed by atoms with Gasteiger partial charge >= 0.3 is 0 Å². The number of nitrogens with zero attached hydrogens (tertiary/aromatic N) is 4. The maximum absolute atomic E-state index is 4.36. The molecule has 5 heteroatoms. The second kappa shape index (κ2) is 5.14. The van der Waals surface area contributed by atoms with Crippen LogP contribution in [0.3, 0.4) is 0 Å². The quantitative estimate of drug-likeness (QED) is 0.843. The van der Waals surface area contributed by atoms with Crippen LogP contribution in [0, 0.1) is 0 Å². The van der Waals surface area contributed by atoms with Gasteiger partial charge in [0.15, 0.2) is 0 Å². The Balaban J connectivity index is 1.94. The van der Waals surface area contributed by atoms with E-state index < -0.39 is 0 Å². The van der Waals surface area contributed by atoms with Crippen molar-refractivity contribution in [1.82, 2.24) is 24.6 Å². The molecule has 0 unspecified atom stereocenters. The van der Waals surface area contributed by atoms with Gasteiger partial charge in [-0.1, -0.05) is 13.8 Å². The van der Waals surface area contributed by atoms with Gasteiger partial charge in [-0.15, -0.1) is 0 Å². The summed E-state index contributed by atoms with van der Waals surface area (Å²) in [6.45, 7) is 5.85. The third-order valence-electron chi connectivity index (χ3n) is 2.49. The highest BCUT2D eigenvalue weighted by Gasteiger charge is 2.02. The van der Waals surface area contributed by atoms with E-state index in [0.29, 0.717) is 6.04 Å². The fourth-order valence-electron chi connectivity index (χ4n) is 1.63. The number of hydrogen-bond donors (Lipinski definition) is 1. The topological polar surface area (TPSA) is 47.7 Å². The molecule has 0 aliphatic heterocycles. The second-order valence-corrected chi connectivity index (χ2v) is 4.55. The van der Waals surface area contributed by atoms with E-state index in [2.05, 4.69) is 40.0 Å². The molecule has 0 atom stereocenters. The lowest BCUT2D eigenvalue weighted by atomic mass is 10.3. The first-order chi connectivity index (χ1) is 8.13. The van der Waals surface area contributed by atoms with Crippen LogP contribution in [0.5, 0.6) is 0 Å². The molecule has 17 heavy (non-hydrogen) atoms. The van der Waals surface area contributed by atoms with Crippen LogP contribution in [0.4, 0.5) is 0 Å². The number of rotatable bonds is 5. The Bertz CT molecular complexity index is 469. The Morgan fingerprint density at radius 3 is 2.82 bits per heavy atom. The van der Waals surface area contributed by atoms with E-state index in [9.17, 15) is 0 Å². The van der Waals surface area contributed by atoms with Gasteiger partial charge in [0.2, 0.25) is 0 Å². The first-order valence-electron chi connectivity index (χ1n) is 5.86. The molecule has 0 aliphatic carbocycles. The average Bonchev–Trinajstić information content (AvgIpc) is 2.86. The smallest absolute Gasteiger partial charge is 0.0953 e. The van der Waals surface area contributed by atoms with Crippen LogP contribution < -0.4 is 5.32 Å². The van der Waals surface area contributed by atoms with E-state index in [1.165, 1.54) is 0 Å². The lowest BCUT2D eigenvalue weighted by Crippen LogP contribution is -2.21. The van der Waals surface area contributed by atoms with Crippen LogP contribution in [-0.4, -0.2) is 25.4 Å². The molecule has 0 radical (unpaired) electrons. The van der Waals surface area contributed by atoms with Crippen LogP contribution in [0.15, 0.2) is 24.8 Å². The summed E-state index contributed by atoms with van der Waals surface area (Å²) >= 11 is 0. The number of aromatic nitrogens is 4. The fraction of sp³-hybridized carbons (Fsp3) is 0.500. The molecule has 0 aliphatic rings. The first-order valence-corrected chi connectivity index (χ1v) is 5.86. The van der Waals surface area contributed by atoms with Crippen LogP contribution >= 0.6 is 0 Å². The normalized spacial score (nSPS) is 11.3. The van der Waals surface area contributed by atoms with Crippen molar-refractivity contribution >= 4 is 0 Å². The molecule has 0 fully saturated rings. The third kappa shape index (κ3) is 3.42. The molecular weight excluding hydrogens is 214 g/mol. The van der Waals surface area contributed by atoms with Gasteiger partial charge in [0.1, 0.15) is 0 Å². The van der Waals surface area contributed by atoms with Gasteiger partial charge < -0.3 is 9.88 Å². The number of hydrogen-bond acceptors (Lipinski definition) is 3. The lowest BCUT2D eigenvalue weighted by Gasteiger charge is -2.04. The van der Waals surface area contributed by atoms with E-state index in [1.54, 1.807) is 0 Å². The molecule has 2 aromatic heterocycles. The van der Waals surface area contributed by atoms with Crippen molar-refractivity contribution in [3.63, 3.8) is 0 Å². The maximum atomic E-state index is 4.36. The monoisotopic (exact) mass is 233 g/mol. The van der Waals surface area contributed by atoms with Crippen molar-refractivity contribution in [2.75, 3.05) is 0 Å². The molecule has 0 saturated heterocycles. The summed E-state index contributed by atoms with van der Waals surface area (Å²) in [5.41, 5.74) is 2.11. The van der Waals surface area contributed by atoms with Gasteiger partial charge in [-0.05, 0) is 6.07 Å². The Morgan fingerprint density at radius 2 is 2.18 bits per heavy atom.